The second-order valence-corrected chi connectivity index (χ2v) is 6.05. The van der Waals surface area contributed by atoms with E-state index in [1.165, 1.54) is 10.9 Å². The Hall–Kier alpha value is -2.18. The van der Waals surface area contributed by atoms with E-state index in [0.717, 1.165) is 50.7 Å². The van der Waals surface area contributed by atoms with E-state index in [1.807, 2.05) is 30.5 Å². The maximum atomic E-state index is 5.76. The van der Waals surface area contributed by atoms with Crippen LogP contribution in [-0.4, -0.2) is 50.5 Å². The van der Waals surface area contributed by atoms with Gasteiger partial charge in [0.2, 0.25) is 0 Å². The molecular weight excluding hydrogens is 316 g/mol. The van der Waals surface area contributed by atoms with Crippen LogP contribution in [0.3, 0.4) is 0 Å². The minimum atomic E-state index is 0.275. The molecule has 0 aliphatic carbocycles. The maximum absolute atomic E-state index is 5.76. The highest BCUT2D eigenvalue weighted by atomic mass is 16.5. The number of nitrogens with one attached hydrogen (secondary N) is 2. The Labute approximate surface area is 148 Å². The highest BCUT2D eigenvalue weighted by molar-refractivity contribution is 5.83. The number of rotatable bonds is 7. The molecule has 2 N–H and O–H groups in total. The monoisotopic (exact) mass is 342 g/mol. The van der Waals surface area contributed by atoms with Crippen LogP contribution < -0.4 is 10.6 Å². The highest BCUT2D eigenvalue weighted by Crippen LogP contribution is 2.15. The SMILES string of the molecule is CN=C(NCCCOC1CCOC1)NCc1ccnc2ccccc12. The number of para-hydroxylation sites is 1. The number of hydrogen-bond acceptors (Lipinski definition) is 4. The summed E-state index contributed by atoms with van der Waals surface area (Å²) in [5, 5.41) is 7.85. The molecule has 1 saturated heterocycles. The molecule has 0 amide bonds. The number of hydrogen-bond donors (Lipinski definition) is 2. The van der Waals surface area contributed by atoms with Gasteiger partial charge in [0.05, 0.1) is 18.2 Å². The minimum Gasteiger partial charge on any atom is -0.379 e. The predicted molar refractivity (Wildman–Crippen MR) is 99.7 cm³/mol. The lowest BCUT2D eigenvalue weighted by atomic mass is 10.1. The van der Waals surface area contributed by atoms with Crippen molar-refractivity contribution in [2.75, 3.05) is 33.4 Å². The van der Waals surface area contributed by atoms with Crippen molar-refractivity contribution in [1.82, 2.24) is 15.6 Å². The van der Waals surface area contributed by atoms with Crippen molar-refractivity contribution < 1.29 is 9.47 Å². The van der Waals surface area contributed by atoms with Crippen LogP contribution in [-0.2, 0) is 16.0 Å². The number of fused-ring (bicyclic) bond motifs is 1. The van der Waals surface area contributed by atoms with E-state index in [0.29, 0.717) is 6.54 Å². The van der Waals surface area contributed by atoms with Crippen LogP contribution in [0.5, 0.6) is 0 Å². The van der Waals surface area contributed by atoms with Crippen LogP contribution in [0.2, 0.25) is 0 Å². The smallest absolute Gasteiger partial charge is 0.191 e. The molecular formula is C19H26N4O2. The molecule has 1 aromatic heterocycles. The summed E-state index contributed by atoms with van der Waals surface area (Å²) in [6.07, 6.45) is 4.07. The van der Waals surface area contributed by atoms with Gasteiger partial charge in [0, 0.05) is 44.9 Å². The summed E-state index contributed by atoms with van der Waals surface area (Å²) < 4.78 is 11.1. The molecule has 2 heterocycles. The Morgan fingerprint density at radius 3 is 3.08 bits per heavy atom. The van der Waals surface area contributed by atoms with Gasteiger partial charge in [-0.25, -0.2) is 0 Å². The van der Waals surface area contributed by atoms with E-state index in [9.17, 15) is 0 Å². The highest BCUT2D eigenvalue weighted by Gasteiger charge is 2.15. The van der Waals surface area contributed by atoms with Crippen LogP contribution >= 0.6 is 0 Å². The molecule has 2 aromatic rings. The van der Waals surface area contributed by atoms with Crippen molar-refractivity contribution in [1.29, 1.82) is 0 Å². The Balaban J connectivity index is 1.41. The largest absolute Gasteiger partial charge is 0.379 e. The molecule has 3 rings (SSSR count). The summed E-state index contributed by atoms with van der Waals surface area (Å²) in [6.45, 7) is 3.83. The first kappa shape index (κ1) is 17.6. The standard InChI is InChI=1S/C19H26N4O2/c1-20-19(22-9-4-11-25-16-8-12-24-14-16)23-13-15-7-10-21-18-6-3-2-5-17(15)18/h2-3,5-7,10,16H,4,8-9,11-14H2,1H3,(H2,20,22,23). The van der Waals surface area contributed by atoms with Crippen LogP contribution in [0.1, 0.15) is 18.4 Å². The number of aliphatic imine (C=N–C) groups is 1. The summed E-state index contributed by atoms with van der Waals surface area (Å²) in [6, 6.07) is 10.2. The van der Waals surface area contributed by atoms with E-state index in [1.54, 1.807) is 7.05 Å². The fourth-order valence-corrected chi connectivity index (χ4v) is 2.88. The molecule has 134 valence electrons. The van der Waals surface area contributed by atoms with E-state index in [4.69, 9.17) is 9.47 Å². The summed E-state index contributed by atoms with van der Waals surface area (Å²) >= 11 is 0. The second-order valence-electron chi connectivity index (χ2n) is 6.05. The van der Waals surface area contributed by atoms with Gasteiger partial charge in [-0.2, -0.15) is 0 Å². The van der Waals surface area contributed by atoms with Crippen molar-refractivity contribution in [3.8, 4) is 0 Å². The minimum absolute atomic E-state index is 0.275. The third kappa shape index (κ3) is 5.14. The lowest BCUT2D eigenvalue weighted by Crippen LogP contribution is -2.37. The van der Waals surface area contributed by atoms with E-state index >= 15 is 0 Å². The summed E-state index contributed by atoms with van der Waals surface area (Å²) in [4.78, 5) is 8.67. The first-order valence-corrected chi connectivity index (χ1v) is 8.83. The first-order chi connectivity index (χ1) is 12.4. The third-order valence-corrected chi connectivity index (χ3v) is 4.26. The lowest BCUT2D eigenvalue weighted by Gasteiger charge is -2.14. The van der Waals surface area contributed by atoms with Gasteiger partial charge in [-0.3, -0.25) is 9.98 Å². The average Bonchev–Trinajstić information content (AvgIpc) is 3.17. The van der Waals surface area contributed by atoms with Gasteiger partial charge in [0.1, 0.15) is 0 Å². The van der Waals surface area contributed by atoms with E-state index < -0.39 is 0 Å². The van der Waals surface area contributed by atoms with Crippen molar-refractivity contribution >= 4 is 16.9 Å². The van der Waals surface area contributed by atoms with Crippen molar-refractivity contribution in [3.05, 3.63) is 42.1 Å². The van der Waals surface area contributed by atoms with Crippen molar-refractivity contribution in [3.63, 3.8) is 0 Å². The topological polar surface area (TPSA) is 67.8 Å². The average molecular weight is 342 g/mol. The number of aromatic nitrogens is 1. The number of benzene rings is 1. The predicted octanol–water partition coefficient (Wildman–Crippen LogP) is 2.10. The Morgan fingerprint density at radius 1 is 1.32 bits per heavy atom. The Morgan fingerprint density at radius 2 is 2.24 bits per heavy atom. The summed E-state index contributed by atoms with van der Waals surface area (Å²) in [7, 11) is 1.78. The molecule has 0 spiro atoms. The molecule has 0 saturated carbocycles. The molecule has 6 nitrogen and oxygen atoms in total. The quantitative estimate of drug-likeness (QED) is 0.458. The molecule has 1 atom stereocenters. The van der Waals surface area contributed by atoms with Crippen LogP contribution in [0.15, 0.2) is 41.5 Å². The molecule has 1 aromatic carbocycles. The summed E-state index contributed by atoms with van der Waals surface area (Å²) in [5.74, 6) is 0.796. The van der Waals surface area contributed by atoms with E-state index in [2.05, 4.69) is 26.7 Å². The lowest BCUT2D eigenvalue weighted by molar-refractivity contribution is 0.0420. The molecule has 1 aliphatic heterocycles. The maximum Gasteiger partial charge on any atom is 0.191 e. The van der Waals surface area contributed by atoms with Crippen LogP contribution in [0.25, 0.3) is 10.9 Å². The van der Waals surface area contributed by atoms with E-state index in [-0.39, 0.29) is 6.10 Å². The first-order valence-electron chi connectivity index (χ1n) is 8.83. The fourth-order valence-electron chi connectivity index (χ4n) is 2.88. The van der Waals surface area contributed by atoms with Gasteiger partial charge >= 0.3 is 0 Å². The molecule has 25 heavy (non-hydrogen) atoms. The third-order valence-electron chi connectivity index (χ3n) is 4.26. The van der Waals surface area contributed by atoms with Gasteiger partial charge in [-0.05, 0) is 30.5 Å². The van der Waals surface area contributed by atoms with Crippen LogP contribution in [0.4, 0.5) is 0 Å². The number of ether oxygens (including phenoxy) is 2. The summed E-state index contributed by atoms with van der Waals surface area (Å²) in [5.41, 5.74) is 2.22. The van der Waals surface area contributed by atoms with Gasteiger partial charge in [-0.1, -0.05) is 18.2 Å². The Kier molecular flexibility index (Phi) is 6.59. The Bertz CT molecular complexity index is 693. The molecule has 1 unspecified atom stereocenters. The second kappa shape index (κ2) is 9.34. The van der Waals surface area contributed by atoms with Gasteiger partial charge in [0.25, 0.3) is 0 Å². The number of nitrogens with zero attached hydrogens (tertiary/aromatic N) is 2. The van der Waals surface area contributed by atoms with Crippen molar-refractivity contribution in [2.24, 2.45) is 4.99 Å². The normalized spacial score (nSPS) is 17.8. The zero-order valence-electron chi connectivity index (χ0n) is 14.7. The number of guanidine groups is 1. The zero-order valence-corrected chi connectivity index (χ0v) is 14.7. The fraction of sp³-hybridized carbons (Fsp3) is 0.474. The molecule has 0 radical (unpaired) electrons. The van der Waals surface area contributed by atoms with Gasteiger partial charge in [0.15, 0.2) is 5.96 Å². The molecule has 6 heteroatoms. The van der Waals surface area contributed by atoms with Gasteiger partial charge in [-0.15, -0.1) is 0 Å². The zero-order chi connectivity index (χ0) is 17.3. The van der Waals surface area contributed by atoms with Gasteiger partial charge < -0.3 is 20.1 Å². The van der Waals surface area contributed by atoms with Crippen LogP contribution in [0, 0.1) is 0 Å². The number of pyridine rings is 1. The molecule has 1 fully saturated rings. The molecule has 1 aliphatic rings. The van der Waals surface area contributed by atoms with Crippen molar-refractivity contribution in [2.45, 2.75) is 25.5 Å². The molecule has 0 bridgehead atoms.